The number of nitrogens with zero attached hydrogens (tertiary/aromatic N) is 5. The van der Waals surface area contributed by atoms with Crippen LogP contribution in [0.5, 0.6) is 0 Å². The number of nitrogens with two attached hydrogens (primary N) is 1. The smallest absolute Gasteiger partial charge is 0.223 e. The number of nitrogen functional groups attached to an aromatic ring is 1. The Morgan fingerprint density at radius 1 is 1.29 bits per heavy atom. The zero-order valence-electron chi connectivity index (χ0n) is 18.8. The second kappa shape index (κ2) is 8.61. The van der Waals surface area contributed by atoms with Crippen molar-refractivity contribution in [3.63, 3.8) is 0 Å². The number of rotatable bonds is 5. The summed E-state index contributed by atoms with van der Waals surface area (Å²) < 4.78 is 0. The van der Waals surface area contributed by atoms with Crippen LogP contribution in [0.15, 0.2) is 6.20 Å². The van der Waals surface area contributed by atoms with Crippen molar-refractivity contribution in [2.75, 3.05) is 30.3 Å². The first-order valence-electron chi connectivity index (χ1n) is 11.1. The third-order valence-electron chi connectivity index (χ3n) is 6.71. The minimum Gasteiger partial charge on any atom is -0.368 e. The molecule has 0 saturated carbocycles. The van der Waals surface area contributed by atoms with Crippen LogP contribution in [-0.2, 0) is 17.8 Å². The van der Waals surface area contributed by atoms with Gasteiger partial charge >= 0.3 is 0 Å². The lowest BCUT2D eigenvalue weighted by atomic mass is 9.99. The number of pyridine rings is 1. The number of anilines is 2. The number of hydrogen-bond acceptors (Lipinski definition) is 6. The molecule has 8 heteroatoms. The minimum atomic E-state index is -0.0529. The molecule has 2 N–H and O–H groups in total. The van der Waals surface area contributed by atoms with E-state index in [-0.39, 0.29) is 17.8 Å². The highest BCUT2D eigenvalue weighted by Crippen LogP contribution is 2.42. The van der Waals surface area contributed by atoms with E-state index in [2.05, 4.69) is 42.6 Å². The molecule has 7 nitrogen and oxygen atoms in total. The van der Waals surface area contributed by atoms with E-state index in [0.29, 0.717) is 30.6 Å². The second-order valence-electron chi connectivity index (χ2n) is 8.97. The maximum atomic E-state index is 13.0. The zero-order valence-corrected chi connectivity index (χ0v) is 19.5. The van der Waals surface area contributed by atoms with Crippen molar-refractivity contribution in [1.82, 2.24) is 19.9 Å². The molecule has 166 valence electrons. The van der Waals surface area contributed by atoms with Crippen molar-refractivity contribution in [1.29, 1.82) is 0 Å². The van der Waals surface area contributed by atoms with Gasteiger partial charge in [0.2, 0.25) is 11.9 Å². The third-order valence-corrected chi connectivity index (χ3v) is 7.00. The predicted octanol–water partition coefficient (Wildman–Crippen LogP) is 3.65. The number of carbonyl (C=O) groups is 1. The van der Waals surface area contributed by atoms with Gasteiger partial charge in [-0.1, -0.05) is 25.4 Å². The fraction of sp³-hybridized carbons (Fsp3) is 0.565. The predicted molar refractivity (Wildman–Crippen MR) is 123 cm³/mol. The first-order valence-corrected chi connectivity index (χ1v) is 11.5. The highest BCUT2D eigenvalue weighted by Gasteiger charge is 2.36. The number of carbonyl (C=O) groups excluding carboxylic acids is 1. The molecule has 0 aliphatic carbocycles. The van der Waals surface area contributed by atoms with Crippen LogP contribution in [-0.4, -0.2) is 45.4 Å². The summed E-state index contributed by atoms with van der Waals surface area (Å²) in [6.45, 7) is 11.5. The Bertz CT molecular complexity index is 1010. The van der Waals surface area contributed by atoms with Gasteiger partial charge in [-0.2, -0.15) is 4.98 Å². The Balaban J connectivity index is 1.62. The van der Waals surface area contributed by atoms with Gasteiger partial charge in [-0.05, 0) is 49.3 Å². The summed E-state index contributed by atoms with van der Waals surface area (Å²) in [4.78, 5) is 30.5. The third kappa shape index (κ3) is 4.20. The number of fused-ring (bicyclic) bond motifs is 1. The van der Waals surface area contributed by atoms with Gasteiger partial charge in [0.25, 0.3) is 0 Å². The summed E-state index contributed by atoms with van der Waals surface area (Å²) >= 11 is 6.51. The van der Waals surface area contributed by atoms with E-state index in [1.807, 2.05) is 11.1 Å². The highest BCUT2D eigenvalue weighted by atomic mass is 35.5. The SMILES string of the molecule is CCc1c(C)cnc(CN2C[C@H](CC(=O)N3CC[C@@H](C)C3)c3c(Cl)nc(N)nc32)c1C. The molecular weight excluding hydrogens is 412 g/mol. The number of aromatic nitrogens is 3. The van der Waals surface area contributed by atoms with Gasteiger partial charge in [0.1, 0.15) is 11.0 Å². The number of amides is 1. The molecule has 1 saturated heterocycles. The van der Waals surface area contributed by atoms with Crippen LogP contribution in [0.4, 0.5) is 11.8 Å². The molecule has 0 aromatic carbocycles. The van der Waals surface area contributed by atoms with Crippen LogP contribution < -0.4 is 10.6 Å². The van der Waals surface area contributed by atoms with Gasteiger partial charge < -0.3 is 15.5 Å². The standard InChI is InChI=1S/C23H31ClN6O/c1-5-17-14(3)9-26-18(15(17)4)12-30-11-16(8-19(31)29-7-6-13(2)10-29)20-21(24)27-23(25)28-22(20)30/h9,13,16H,5-8,10-12H2,1-4H3,(H2,25,27,28)/t13-,16+/m1/s1. The van der Waals surface area contributed by atoms with Gasteiger partial charge in [-0.25, -0.2) is 4.98 Å². The summed E-state index contributed by atoms with van der Waals surface area (Å²) in [5, 5.41) is 0.348. The minimum absolute atomic E-state index is 0.0529. The molecule has 2 aliphatic rings. The molecule has 0 bridgehead atoms. The Hall–Kier alpha value is -2.41. The normalized spacial score (nSPS) is 20.4. The van der Waals surface area contributed by atoms with Gasteiger partial charge in [0.15, 0.2) is 0 Å². The van der Waals surface area contributed by atoms with Crippen LogP contribution in [0.25, 0.3) is 0 Å². The van der Waals surface area contributed by atoms with E-state index < -0.39 is 0 Å². The second-order valence-corrected chi connectivity index (χ2v) is 9.33. The molecule has 4 heterocycles. The van der Waals surface area contributed by atoms with Crippen LogP contribution >= 0.6 is 11.6 Å². The van der Waals surface area contributed by atoms with E-state index in [4.69, 9.17) is 22.3 Å². The van der Waals surface area contributed by atoms with Crippen molar-refractivity contribution in [2.24, 2.45) is 5.92 Å². The van der Waals surface area contributed by atoms with Crippen molar-refractivity contribution in [2.45, 2.75) is 59.4 Å². The quantitative estimate of drug-likeness (QED) is 0.711. The highest BCUT2D eigenvalue weighted by molar-refractivity contribution is 6.30. The molecule has 1 fully saturated rings. The molecule has 2 aliphatic heterocycles. The lowest BCUT2D eigenvalue weighted by molar-refractivity contribution is -0.130. The zero-order chi connectivity index (χ0) is 22.3. The van der Waals surface area contributed by atoms with Crippen molar-refractivity contribution in [3.05, 3.63) is 39.3 Å². The van der Waals surface area contributed by atoms with Gasteiger partial charge in [-0.3, -0.25) is 9.78 Å². The van der Waals surface area contributed by atoms with Gasteiger partial charge in [0, 0.05) is 43.7 Å². The molecule has 4 rings (SSSR count). The molecule has 0 unspecified atom stereocenters. The van der Waals surface area contributed by atoms with E-state index in [0.717, 1.165) is 43.0 Å². The summed E-state index contributed by atoms with van der Waals surface area (Å²) in [5.74, 6) is 1.56. The lowest BCUT2D eigenvalue weighted by Gasteiger charge is -2.22. The molecular formula is C23H31ClN6O. The number of aryl methyl sites for hydroxylation is 1. The topological polar surface area (TPSA) is 88.2 Å². The Labute approximate surface area is 189 Å². The van der Waals surface area contributed by atoms with Crippen molar-refractivity contribution >= 4 is 29.3 Å². The lowest BCUT2D eigenvalue weighted by Crippen LogP contribution is -2.31. The first-order chi connectivity index (χ1) is 14.8. The van der Waals surface area contributed by atoms with E-state index in [1.165, 1.54) is 16.7 Å². The maximum absolute atomic E-state index is 13.0. The first kappa shape index (κ1) is 21.8. The molecule has 2 atom stereocenters. The van der Waals surface area contributed by atoms with Gasteiger partial charge in [0.05, 0.1) is 12.2 Å². The average Bonchev–Trinajstić information content (AvgIpc) is 3.28. The maximum Gasteiger partial charge on any atom is 0.223 e. The Kier molecular flexibility index (Phi) is 6.06. The van der Waals surface area contributed by atoms with Crippen molar-refractivity contribution < 1.29 is 4.79 Å². The summed E-state index contributed by atoms with van der Waals surface area (Å²) in [6, 6.07) is 0. The molecule has 2 aromatic heterocycles. The van der Waals surface area contributed by atoms with Crippen LogP contribution in [0.2, 0.25) is 5.15 Å². The number of likely N-dealkylation sites (tertiary alicyclic amines) is 1. The molecule has 0 radical (unpaired) electrons. The summed E-state index contributed by atoms with van der Waals surface area (Å²) in [7, 11) is 0. The van der Waals surface area contributed by atoms with Crippen molar-refractivity contribution in [3.8, 4) is 0 Å². The van der Waals surface area contributed by atoms with E-state index in [1.54, 1.807) is 0 Å². The number of hydrogen-bond donors (Lipinski definition) is 1. The summed E-state index contributed by atoms with van der Waals surface area (Å²) in [5.41, 5.74) is 11.5. The van der Waals surface area contributed by atoms with Crippen LogP contribution in [0.3, 0.4) is 0 Å². The largest absolute Gasteiger partial charge is 0.368 e. The fourth-order valence-electron chi connectivity index (χ4n) is 4.99. The summed E-state index contributed by atoms with van der Waals surface area (Å²) in [6.07, 6.45) is 4.38. The Morgan fingerprint density at radius 3 is 2.74 bits per heavy atom. The Morgan fingerprint density at radius 2 is 2.06 bits per heavy atom. The molecule has 31 heavy (non-hydrogen) atoms. The van der Waals surface area contributed by atoms with E-state index >= 15 is 0 Å². The van der Waals surface area contributed by atoms with E-state index in [9.17, 15) is 4.79 Å². The number of halogens is 1. The average molecular weight is 443 g/mol. The molecule has 1 amide bonds. The fourth-order valence-corrected chi connectivity index (χ4v) is 5.32. The monoisotopic (exact) mass is 442 g/mol. The van der Waals surface area contributed by atoms with Crippen LogP contribution in [0.1, 0.15) is 60.6 Å². The van der Waals surface area contributed by atoms with Gasteiger partial charge in [-0.15, -0.1) is 0 Å². The molecule has 0 spiro atoms. The molecule has 2 aromatic rings. The van der Waals surface area contributed by atoms with Crippen LogP contribution in [0, 0.1) is 19.8 Å².